The van der Waals surface area contributed by atoms with E-state index in [2.05, 4.69) is 26.1 Å². The van der Waals surface area contributed by atoms with E-state index in [-0.39, 0.29) is 0 Å². The van der Waals surface area contributed by atoms with E-state index in [0.717, 1.165) is 21.2 Å². The second kappa shape index (κ2) is 4.85. The Hall–Kier alpha value is -2.14. The summed E-state index contributed by atoms with van der Waals surface area (Å²) in [4.78, 5) is 4.08. The van der Waals surface area contributed by atoms with E-state index in [1.165, 1.54) is 0 Å². The number of hydrogen-bond donors (Lipinski definition) is 1. The molecule has 2 N–H and O–H groups in total. The number of anilines is 1. The second-order valence-corrected chi connectivity index (χ2v) is 4.94. The lowest BCUT2D eigenvalue weighted by Gasteiger charge is -2.02. The van der Waals surface area contributed by atoms with Crippen LogP contribution in [0.1, 0.15) is 0 Å². The van der Waals surface area contributed by atoms with Crippen LogP contribution in [0.3, 0.4) is 0 Å². The smallest absolute Gasteiger partial charge is 0.178 e. The molecule has 0 aliphatic carbocycles. The minimum Gasteiger partial charge on any atom is -0.380 e. The molecule has 3 aromatic rings. The van der Waals surface area contributed by atoms with Crippen LogP contribution in [0.25, 0.3) is 22.5 Å². The molecule has 0 amide bonds. The highest BCUT2D eigenvalue weighted by Gasteiger charge is 2.17. The maximum Gasteiger partial charge on any atom is 0.178 e. The van der Waals surface area contributed by atoms with Gasteiger partial charge in [0, 0.05) is 22.4 Å². The van der Waals surface area contributed by atoms with Gasteiger partial charge in [0.05, 0.1) is 5.56 Å². The molecule has 0 fully saturated rings. The molecule has 0 spiro atoms. The monoisotopic (exact) mass is 315 g/mol. The summed E-state index contributed by atoms with van der Waals surface area (Å²) in [6.07, 6.45) is 3.44. The fourth-order valence-corrected chi connectivity index (χ4v) is 2.16. The molecule has 0 atom stereocenters. The first kappa shape index (κ1) is 11.9. The Morgan fingerprint density at radius 2 is 1.84 bits per heavy atom. The van der Waals surface area contributed by atoms with Gasteiger partial charge in [-0.3, -0.25) is 4.98 Å². The number of hydrogen-bond acceptors (Lipinski definition) is 4. The van der Waals surface area contributed by atoms with E-state index in [9.17, 15) is 0 Å². The molecule has 19 heavy (non-hydrogen) atoms. The van der Waals surface area contributed by atoms with Gasteiger partial charge in [-0.05, 0) is 29.8 Å². The molecule has 0 aliphatic rings. The average molecular weight is 316 g/mol. The minimum absolute atomic E-state index is 0.376. The maximum atomic E-state index is 5.91. The summed E-state index contributed by atoms with van der Waals surface area (Å²) in [5.41, 5.74) is 8.51. The summed E-state index contributed by atoms with van der Waals surface area (Å²) >= 11 is 3.41. The first-order chi connectivity index (χ1) is 9.25. The van der Waals surface area contributed by atoms with E-state index in [0.29, 0.717) is 11.6 Å². The standard InChI is InChI=1S/C14H10BrN3O/c15-11-5-3-9(4-6-11)12-13(19-18-14(12)16)10-2-1-7-17-8-10/h1-8H,(H2,16,18). The Bertz CT molecular complexity index is 692. The van der Waals surface area contributed by atoms with Crippen LogP contribution in [0.2, 0.25) is 0 Å². The number of rotatable bonds is 2. The number of pyridine rings is 1. The zero-order valence-corrected chi connectivity index (χ0v) is 11.5. The third kappa shape index (κ3) is 2.24. The number of benzene rings is 1. The molecule has 0 saturated carbocycles. The molecular weight excluding hydrogens is 306 g/mol. The Morgan fingerprint density at radius 3 is 2.53 bits per heavy atom. The number of nitrogen functional groups attached to an aromatic ring is 1. The summed E-state index contributed by atoms with van der Waals surface area (Å²) in [5, 5.41) is 3.86. The van der Waals surface area contributed by atoms with E-state index in [1.54, 1.807) is 12.4 Å². The topological polar surface area (TPSA) is 64.9 Å². The lowest BCUT2D eigenvalue weighted by Crippen LogP contribution is -1.89. The molecule has 0 aliphatic heterocycles. The molecule has 0 radical (unpaired) electrons. The van der Waals surface area contributed by atoms with E-state index < -0.39 is 0 Å². The van der Waals surface area contributed by atoms with Crippen LogP contribution in [-0.2, 0) is 0 Å². The predicted molar refractivity (Wildman–Crippen MR) is 77.3 cm³/mol. The van der Waals surface area contributed by atoms with Crippen molar-refractivity contribution in [1.29, 1.82) is 0 Å². The number of nitrogens with two attached hydrogens (primary N) is 1. The maximum absolute atomic E-state index is 5.91. The molecule has 5 heteroatoms. The van der Waals surface area contributed by atoms with Crippen molar-refractivity contribution < 1.29 is 4.52 Å². The highest BCUT2D eigenvalue weighted by molar-refractivity contribution is 9.10. The van der Waals surface area contributed by atoms with Crippen molar-refractivity contribution in [2.45, 2.75) is 0 Å². The van der Waals surface area contributed by atoms with E-state index in [1.807, 2.05) is 36.4 Å². The van der Waals surface area contributed by atoms with E-state index >= 15 is 0 Å². The highest BCUT2D eigenvalue weighted by Crippen LogP contribution is 2.36. The zero-order valence-electron chi connectivity index (χ0n) is 9.88. The summed E-state index contributed by atoms with van der Waals surface area (Å²) in [6, 6.07) is 11.6. The zero-order chi connectivity index (χ0) is 13.2. The fraction of sp³-hybridized carbons (Fsp3) is 0. The largest absolute Gasteiger partial charge is 0.380 e. The third-order valence-electron chi connectivity index (χ3n) is 2.78. The van der Waals surface area contributed by atoms with Crippen molar-refractivity contribution in [2.24, 2.45) is 0 Å². The van der Waals surface area contributed by atoms with Crippen LogP contribution in [0.5, 0.6) is 0 Å². The Morgan fingerprint density at radius 1 is 1.05 bits per heavy atom. The van der Waals surface area contributed by atoms with Gasteiger partial charge in [0.2, 0.25) is 0 Å². The van der Waals surface area contributed by atoms with Crippen LogP contribution in [0.4, 0.5) is 5.82 Å². The van der Waals surface area contributed by atoms with Gasteiger partial charge in [-0.15, -0.1) is 0 Å². The normalized spacial score (nSPS) is 10.6. The number of aromatic nitrogens is 2. The van der Waals surface area contributed by atoms with Gasteiger partial charge in [0.1, 0.15) is 0 Å². The summed E-state index contributed by atoms with van der Waals surface area (Å²) in [7, 11) is 0. The number of nitrogens with zero attached hydrogens (tertiary/aromatic N) is 2. The molecule has 3 rings (SSSR count). The molecule has 0 unspecified atom stereocenters. The molecule has 2 aromatic heterocycles. The van der Waals surface area contributed by atoms with Crippen molar-refractivity contribution in [1.82, 2.24) is 10.1 Å². The fourth-order valence-electron chi connectivity index (χ4n) is 1.89. The lowest BCUT2D eigenvalue weighted by molar-refractivity contribution is 0.436. The Labute approximate surface area is 118 Å². The van der Waals surface area contributed by atoms with Crippen molar-refractivity contribution in [3.63, 3.8) is 0 Å². The first-order valence-corrected chi connectivity index (χ1v) is 6.46. The van der Waals surface area contributed by atoms with Crippen LogP contribution < -0.4 is 5.73 Å². The molecule has 4 nitrogen and oxygen atoms in total. The third-order valence-corrected chi connectivity index (χ3v) is 3.30. The van der Waals surface area contributed by atoms with Crippen LogP contribution >= 0.6 is 15.9 Å². The first-order valence-electron chi connectivity index (χ1n) is 5.67. The summed E-state index contributed by atoms with van der Waals surface area (Å²) < 4.78 is 6.35. The van der Waals surface area contributed by atoms with Gasteiger partial charge in [0.25, 0.3) is 0 Å². The quantitative estimate of drug-likeness (QED) is 0.782. The van der Waals surface area contributed by atoms with Crippen molar-refractivity contribution in [3.05, 3.63) is 53.3 Å². The van der Waals surface area contributed by atoms with Crippen molar-refractivity contribution in [3.8, 4) is 22.5 Å². The van der Waals surface area contributed by atoms with Crippen LogP contribution in [0.15, 0.2) is 57.8 Å². The minimum atomic E-state index is 0.376. The average Bonchev–Trinajstić information content (AvgIpc) is 2.83. The van der Waals surface area contributed by atoms with Crippen molar-refractivity contribution >= 4 is 21.7 Å². The van der Waals surface area contributed by atoms with Gasteiger partial charge in [0.15, 0.2) is 11.6 Å². The van der Waals surface area contributed by atoms with Gasteiger partial charge >= 0.3 is 0 Å². The highest BCUT2D eigenvalue weighted by atomic mass is 79.9. The molecule has 94 valence electrons. The molecular formula is C14H10BrN3O. The Kier molecular flexibility index (Phi) is 3.05. The van der Waals surface area contributed by atoms with Crippen LogP contribution in [0, 0.1) is 0 Å². The summed E-state index contributed by atoms with van der Waals surface area (Å²) in [5.74, 6) is 1.01. The van der Waals surface area contributed by atoms with Gasteiger partial charge in [-0.2, -0.15) is 0 Å². The predicted octanol–water partition coefficient (Wildman–Crippen LogP) is 3.75. The molecule has 1 aromatic carbocycles. The van der Waals surface area contributed by atoms with Gasteiger partial charge in [-0.25, -0.2) is 0 Å². The SMILES string of the molecule is Nc1noc(-c2cccnc2)c1-c1ccc(Br)cc1. The molecule has 2 heterocycles. The number of halogens is 1. The van der Waals surface area contributed by atoms with Gasteiger partial charge < -0.3 is 10.3 Å². The Balaban J connectivity index is 2.17. The lowest BCUT2D eigenvalue weighted by atomic mass is 10.0. The van der Waals surface area contributed by atoms with Crippen molar-refractivity contribution in [2.75, 3.05) is 5.73 Å². The van der Waals surface area contributed by atoms with Gasteiger partial charge in [-0.1, -0.05) is 33.2 Å². The molecule has 0 saturated heterocycles. The second-order valence-electron chi connectivity index (χ2n) is 4.02. The summed E-state index contributed by atoms with van der Waals surface area (Å²) in [6.45, 7) is 0. The van der Waals surface area contributed by atoms with Crippen LogP contribution in [-0.4, -0.2) is 10.1 Å². The van der Waals surface area contributed by atoms with E-state index in [4.69, 9.17) is 10.3 Å². The molecule has 0 bridgehead atoms.